The van der Waals surface area contributed by atoms with Crippen molar-refractivity contribution in [3.8, 4) is 5.75 Å². The van der Waals surface area contributed by atoms with E-state index in [9.17, 15) is 9.59 Å². The summed E-state index contributed by atoms with van der Waals surface area (Å²) in [5.74, 6) is 0.573. The van der Waals surface area contributed by atoms with Crippen LogP contribution in [0.3, 0.4) is 0 Å². The highest BCUT2D eigenvalue weighted by Crippen LogP contribution is 2.34. The molecule has 1 fully saturated rings. The minimum absolute atomic E-state index is 0.0803. The number of likely N-dealkylation sites (tertiary alicyclic amines) is 1. The molecule has 2 N–H and O–H groups in total. The predicted octanol–water partition coefficient (Wildman–Crippen LogP) is 4.48. The molecule has 0 bridgehead atoms. The maximum Gasteiger partial charge on any atom is 0.259 e. The number of benzene rings is 2. The minimum atomic E-state index is -0.390. The van der Waals surface area contributed by atoms with Crippen LogP contribution in [0, 0.1) is 6.92 Å². The Hall–Kier alpha value is -2.86. The molecule has 1 atom stereocenters. The number of fused-ring (bicyclic) bond motifs is 1. The molecule has 2 heterocycles. The number of rotatable bonds is 6. The number of nitrogens with two attached hydrogens (primary N) is 1. The van der Waals surface area contributed by atoms with Crippen LogP contribution in [0.25, 0.3) is 10.1 Å². The highest BCUT2D eigenvalue weighted by Gasteiger charge is 2.29. The fraction of sp³-hybridized carbons (Fsp3) is 0.360. The highest BCUT2D eigenvalue weighted by atomic mass is 32.1. The lowest BCUT2D eigenvalue weighted by atomic mass is 9.93. The molecule has 1 aliphatic rings. The van der Waals surface area contributed by atoms with Crippen LogP contribution >= 0.6 is 11.3 Å². The topological polar surface area (TPSA) is 72.6 Å². The van der Waals surface area contributed by atoms with Crippen LogP contribution in [0.2, 0.25) is 0 Å². The summed E-state index contributed by atoms with van der Waals surface area (Å²) >= 11 is 1.45. The lowest BCUT2D eigenvalue weighted by molar-refractivity contribution is -0.134. The van der Waals surface area contributed by atoms with Crippen LogP contribution in [-0.2, 0) is 17.6 Å². The second-order valence-corrected chi connectivity index (χ2v) is 9.24. The van der Waals surface area contributed by atoms with Gasteiger partial charge in [0.2, 0.25) is 5.91 Å². The first-order chi connectivity index (χ1) is 15.0. The number of ether oxygens (including phenoxy) is 1. The second kappa shape index (κ2) is 9.10. The van der Waals surface area contributed by atoms with Crippen molar-refractivity contribution in [2.45, 2.75) is 45.1 Å². The van der Waals surface area contributed by atoms with Crippen molar-refractivity contribution in [1.82, 2.24) is 4.90 Å². The summed E-state index contributed by atoms with van der Waals surface area (Å²) in [4.78, 5) is 28.0. The van der Waals surface area contributed by atoms with E-state index in [-0.39, 0.29) is 11.9 Å². The van der Waals surface area contributed by atoms with Crippen LogP contribution in [0.4, 0.5) is 0 Å². The number of piperidine rings is 1. The Morgan fingerprint density at radius 2 is 2.00 bits per heavy atom. The van der Waals surface area contributed by atoms with Gasteiger partial charge in [0.1, 0.15) is 5.75 Å². The molecule has 1 aromatic heterocycles. The number of amides is 2. The molecule has 2 amide bonds. The van der Waals surface area contributed by atoms with Crippen molar-refractivity contribution in [1.29, 1.82) is 0 Å². The first-order valence-corrected chi connectivity index (χ1v) is 11.5. The van der Waals surface area contributed by atoms with Crippen molar-refractivity contribution >= 4 is 33.2 Å². The van der Waals surface area contributed by atoms with E-state index in [1.165, 1.54) is 11.3 Å². The standard InChI is InChI=1S/C25H28N2O3S/c1-16-13-17(10-11-21(16)30-2)14-23(28)27-12-6-5-7-18(27)15-20-19-8-3-4-9-22(19)31-24(20)25(26)29/h3-4,8-11,13,18H,5-7,12,14-15H2,1-2H3,(H2,26,29). The molecule has 0 spiro atoms. The highest BCUT2D eigenvalue weighted by molar-refractivity contribution is 7.21. The number of carbonyl (C=O) groups is 2. The quantitative estimate of drug-likeness (QED) is 0.619. The fourth-order valence-electron chi connectivity index (χ4n) is 4.60. The largest absolute Gasteiger partial charge is 0.496 e. The molecule has 6 heteroatoms. The Bertz CT molecular complexity index is 1120. The summed E-state index contributed by atoms with van der Waals surface area (Å²) in [6.07, 6.45) is 4.07. The Labute approximate surface area is 186 Å². The summed E-state index contributed by atoms with van der Waals surface area (Å²) in [6.45, 7) is 2.75. The smallest absolute Gasteiger partial charge is 0.259 e. The molecule has 2 aromatic carbocycles. The van der Waals surface area contributed by atoms with Gasteiger partial charge >= 0.3 is 0 Å². The van der Waals surface area contributed by atoms with Gasteiger partial charge in [-0.25, -0.2) is 0 Å². The van der Waals surface area contributed by atoms with E-state index in [0.29, 0.717) is 17.7 Å². The molecule has 1 unspecified atom stereocenters. The first kappa shape index (κ1) is 21.4. The molecule has 4 rings (SSSR count). The molecule has 0 aliphatic carbocycles. The molecular formula is C25H28N2O3S. The Morgan fingerprint density at radius 1 is 1.19 bits per heavy atom. The van der Waals surface area contributed by atoms with Crippen molar-refractivity contribution in [2.24, 2.45) is 5.73 Å². The Balaban J connectivity index is 1.58. The predicted molar refractivity (Wildman–Crippen MR) is 125 cm³/mol. The molecule has 5 nitrogen and oxygen atoms in total. The van der Waals surface area contributed by atoms with E-state index in [1.807, 2.05) is 54.3 Å². The molecule has 0 saturated carbocycles. The number of hydrogen-bond donors (Lipinski definition) is 1. The summed E-state index contributed by atoms with van der Waals surface area (Å²) < 4.78 is 6.39. The van der Waals surface area contributed by atoms with E-state index in [4.69, 9.17) is 10.5 Å². The van der Waals surface area contributed by atoms with Crippen LogP contribution in [-0.4, -0.2) is 36.4 Å². The van der Waals surface area contributed by atoms with Gasteiger partial charge in [-0.1, -0.05) is 30.3 Å². The zero-order chi connectivity index (χ0) is 22.0. The molecule has 0 radical (unpaired) electrons. The molecule has 1 aliphatic heterocycles. The SMILES string of the molecule is COc1ccc(CC(=O)N2CCCCC2Cc2c(C(N)=O)sc3ccccc23)cc1C. The van der Waals surface area contributed by atoms with E-state index in [2.05, 4.69) is 0 Å². The average Bonchev–Trinajstić information content (AvgIpc) is 3.13. The summed E-state index contributed by atoms with van der Waals surface area (Å²) in [6, 6.07) is 14.0. The number of hydrogen-bond acceptors (Lipinski definition) is 4. The second-order valence-electron chi connectivity index (χ2n) is 8.19. The van der Waals surface area contributed by atoms with Crippen LogP contribution in [0.1, 0.15) is 45.6 Å². The van der Waals surface area contributed by atoms with E-state index in [1.54, 1.807) is 7.11 Å². The van der Waals surface area contributed by atoms with Gasteiger partial charge in [0.15, 0.2) is 0 Å². The number of methoxy groups -OCH3 is 1. The van der Waals surface area contributed by atoms with E-state index < -0.39 is 5.91 Å². The summed E-state index contributed by atoms with van der Waals surface area (Å²) in [7, 11) is 1.65. The molecule has 31 heavy (non-hydrogen) atoms. The number of nitrogens with zero attached hydrogens (tertiary/aromatic N) is 1. The Morgan fingerprint density at radius 3 is 2.74 bits per heavy atom. The fourth-order valence-corrected chi connectivity index (χ4v) is 5.69. The van der Waals surface area contributed by atoms with Crippen LogP contribution in [0.5, 0.6) is 5.75 Å². The summed E-state index contributed by atoms with van der Waals surface area (Å²) in [5, 5.41) is 1.07. The average molecular weight is 437 g/mol. The maximum absolute atomic E-state index is 13.3. The first-order valence-electron chi connectivity index (χ1n) is 10.7. The molecular weight excluding hydrogens is 408 g/mol. The third-order valence-electron chi connectivity index (χ3n) is 6.12. The van der Waals surface area contributed by atoms with E-state index in [0.717, 1.165) is 58.3 Å². The van der Waals surface area contributed by atoms with Gasteiger partial charge in [-0.15, -0.1) is 11.3 Å². The number of carbonyl (C=O) groups excluding carboxylic acids is 2. The van der Waals surface area contributed by atoms with Crippen LogP contribution < -0.4 is 10.5 Å². The van der Waals surface area contributed by atoms with Crippen molar-refractivity contribution in [2.75, 3.05) is 13.7 Å². The Kier molecular flexibility index (Phi) is 6.28. The van der Waals surface area contributed by atoms with Crippen molar-refractivity contribution in [3.05, 3.63) is 64.0 Å². The van der Waals surface area contributed by atoms with Crippen molar-refractivity contribution in [3.63, 3.8) is 0 Å². The number of aryl methyl sites for hydroxylation is 1. The number of primary amides is 1. The van der Waals surface area contributed by atoms with Crippen LogP contribution in [0.15, 0.2) is 42.5 Å². The molecule has 162 valence electrons. The number of thiophene rings is 1. The zero-order valence-electron chi connectivity index (χ0n) is 18.0. The third-order valence-corrected chi connectivity index (χ3v) is 7.35. The zero-order valence-corrected chi connectivity index (χ0v) is 18.8. The minimum Gasteiger partial charge on any atom is -0.496 e. The normalized spacial score (nSPS) is 16.5. The lowest BCUT2D eigenvalue weighted by Crippen LogP contribution is -2.45. The third kappa shape index (κ3) is 4.44. The molecule has 1 saturated heterocycles. The van der Waals surface area contributed by atoms with Crippen molar-refractivity contribution < 1.29 is 14.3 Å². The lowest BCUT2D eigenvalue weighted by Gasteiger charge is -2.36. The van der Waals surface area contributed by atoms with Gasteiger partial charge in [-0.3, -0.25) is 9.59 Å². The van der Waals surface area contributed by atoms with Gasteiger partial charge < -0.3 is 15.4 Å². The van der Waals surface area contributed by atoms with Gasteiger partial charge in [0.05, 0.1) is 18.4 Å². The molecule has 3 aromatic rings. The van der Waals surface area contributed by atoms with Gasteiger partial charge in [-0.2, -0.15) is 0 Å². The monoisotopic (exact) mass is 436 g/mol. The maximum atomic E-state index is 13.3. The van der Waals surface area contributed by atoms with Gasteiger partial charge in [-0.05, 0) is 66.8 Å². The summed E-state index contributed by atoms with van der Waals surface area (Å²) in [5.41, 5.74) is 8.70. The van der Waals surface area contributed by atoms with E-state index >= 15 is 0 Å². The van der Waals surface area contributed by atoms with Gasteiger partial charge in [0, 0.05) is 17.3 Å². The van der Waals surface area contributed by atoms with Gasteiger partial charge in [0.25, 0.3) is 5.91 Å².